The van der Waals surface area contributed by atoms with Crippen LogP contribution in [0.5, 0.6) is 5.75 Å². The average molecular weight is 312 g/mol. The molecule has 122 valence electrons. The van der Waals surface area contributed by atoms with Gasteiger partial charge in [-0.3, -0.25) is 14.9 Å². The Morgan fingerprint density at radius 3 is 2.65 bits per heavy atom. The van der Waals surface area contributed by atoms with E-state index < -0.39 is 0 Å². The molecule has 23 heavy (non-hydrogen) atoms. The van der Waals surface area contributed by atoms with E-state index in [4.69, 9.17) is 4.74 Å². The molecule has 0 radical (unpaired) electrons. The zero-order valence-corrected chi connectivity index (χ0v) is 13.7. The normalized spacial score (nSPS) is 18.8. The van der Waals surface area contributed by atoms with E-state index in [9.17, 15) is 0 Å². The smallest absolute Gasteiger partial charge is 0.122 e. The molecule has 5 heteroatoms. The molecule has 2 aliphatic rings. The first-order valence-electron chi connectivity index (χ1n) is 8.46. The molecule has 2 aromatic rings. The minimum absolute atomic E-state index is 0.838. The van der Waals surface area contributed by atoms with E-state index in [1.807, 2.05) is 6.20 Å². The molecule has 1 fully saturated rings. The fourth-order valence-electron chi connectivity index (χ4n) is 3.46. The third kappa shape index (κ3) is 3.26. The van der Waals surface area contributed by atoms with Gasteiger partial charge in [0, 0.05) is 45.7 Å². The molecule has 0 aliphatic carbocycles. The number of H-pyrrole nitrogens is 1. The molecule has 3 heterocycles. The topological polar surface area (TPSA) is 44.4 Å². The van der Waals surface area contributed by atoms with Gasteiger partial charge in [-0.25, -0.2) is 0 Å². The van der Waals surface area contributed by atoms with Crippen molar-refractivity contribution in [3.63, 3.8) is 0 Å². The summed E-state index contributed by atoms with van der Waals surface area (Å²) in [7, 11) is 0. The van der Waals surface area contributed by atoms with Crippen LogP contribution in [-0.2, 0) is 19.5 Å². The van der Waals surface area contributed by atoms with Crippen LogP contribution in [0.3, 0.4) is 0 Å². The summed E-state index contributed by atoms with van der Waals surface area (Å²) in [6.45, 7) is 9.47. The van der Waals surface area contributed by atoms with Crippen LogP contribution in [0.2, 0.25) is 0 Å². The lowest BCUT2D eigenvalue weighted by atomic mass is 10.1. The molecule has 5 nitrogen and oxygen atoms in total. The Morgan fingerprint density at radius 1 is 1.13 bits per heavy atom. The van der Waals surface area contributed by atoms with Gasteiger partial charge in [-0.1, -0.05) is 12.1 Å². The average Bonchev–Trinajstić information content (AvgIpc) is 3.18. The number of aromatic nitrogens is 2. The second-order valence-corrected chi connectivity index (χ2v) is 6.62. The largest absolute Gasteiger partial charge is 0.493 e. The molecule has 1 aromatic carbocycles. The molecule has 4 rings (SSSR count). The third-order valence-corrected chi connectivity index (χ3v) is 4.94. The second kappa shape index (κ2) is 6.34. The summed E-state index contributed by atoms with van der Waals surface area (Å²) < 4.78 is 5.59. The van der Waals surface area contributed by atoms with Gasteiger partial charge < -0.3 is 4.74 Å². The Bertz CT molecular complexity index is 673. The van der Waals surface area contributed by atoms with Crippen LogP contribution >= 0.6 is 0 Å². The number of fused-ring (bicyclic) bond motifs is 1. The summed E-state index contributed by atoms with van der Waals surface area (Å²) in [6, 6.07) is 6.67. The molecule has 0 atom stereocenters. The van der Waals surface area contributed by atoms with E-state index in [1.165, 1.54) is 22.4 Å². The SMILES string of the molecule is Cc1cn[nH]c1CN1CCN(Cc2ccc3c(c2)CCO3)CC1. The Morgan fingerprint density at radius 2 is 1.91 bits per heavy atom. The molecule has 0 amide bonds. The lowest BCUT2D eigenvalue weighted by Crippen LogP contribution is -2.45. The van der Waals surface area contributed by atoms with E-state index in [0.29, 0.717) is 0 Å². The van der Waals surface area contributed by atoms with Crippen molar-refractivity contribution >= 4 is 0 Å². The Labute approximate surface area is 137 Å². The number of ether oxygens (including phenoxy) is 1. The fourth-order valence-corrected chi connectivity index (χ4v) is 3.46. The first-order chi connectivity index (χ1) is 11.3. The summed E-state index contributed by atoms with van der Waals surface area (Å²) in [6.07, 6.45) is 2.96. The van der Waals surface area contributed by atoms with Crippen LogP contribution in [0, 0.1) is 6.92 Å². The molecule has 2 aliphatic heterocycles. The van der Waals surface area contributed by atoms with Gasteiger partial charge in [0.1, 0.15) is 5.75 Å². The first-order valence-corrected chi connectivity index (χ1v) is 8.46. The van der Waals surface area contributed by atoms with E-state index >= 15 is 0 Å². The molecular formula is C18H24N4O. The first kappa shape index (κ1) is 14.7. The highest BCUT2D eigenvalue weighted by Gasteiger charge is 2.19. The maximum Gasteiger partial charge on any atom is 0.122 e. The van der Waals surface area contributed by atoms with Gasteiger partial charge in [-0.15, -0.1) is 0 Å². The number of hydrogen-bond acceptors (Lipinski definition) is 4. The van der Waals surface area contributed by atoms with Crippen LogP contribution in [0.15, 0.2) is 24.4 Å². The third-order valence-electron chi connectivity index (χ3n) is 4.94. The minimum atomic E-state index is 0.838. The molecule has 1 aromatic heterocycles. The number of nitrogens with one attached hydrogen (secondary N) is 1. The van der Waals surface area contributed by atoms with Gasteiger partial charge >= 0.3 is 0 Å². The number of aromatic amines is 1. The molecule has 1 saturated heterocycles. The van der Waals surface area contributed by atoms with Crippen molar-refractivity contribution in [2.24, 2.45) is 0 Å². The number of piperazine rings is 1. The van der Waals surface area contributed by atoms with E-state index in [-0.39, 0.29) is 0 Å². The van der Waals surface area contributed by atoms with Gasteiger partial charge in [0.15, 0.2) is 0 Å². The molecule has 0 unspecified atom stereocenters. The monoisotopic (exact) mass is 312 g/mol. The van der Waals surface area contributed by atoms with Gasteiger partial charge in [0.2, 0.25) is 0 Å². The summed E-state index contributed by atoms with van der Waals surface area (Å²) >= 11 is 0. The lowest BCUT2D eigenvalue weighted by molar-refractivity contribution is 0.121. The lowest BCUT2D eigenvalue weighted by Gasteiger charge is -2.34. The van der Waals surface area contributed by atoms with Gasteiger partial charge in [-0.05, 0) is 29.7 Å². The standard InChI is InChI=1S/C18H24N4O/c1-14-11-19-20-17(14)13-22-7-5-21(6-8-22)12-15-2-3-18-16(10-15)4-9-23-18/h2-3,10-11H,4-9,12-13H2,1H3,(H,19,20). The second-order valence-electron chi connectivity index (χ2n) is 6.62. The number of rotatable bonds is 4. The van der Waals surface area contributed by atoms with Crippen molar-refractivity contribution in [3.8, 4) is 5.75 Å². The van der Waals surface area contributed by atoms with E-state index in [2.05, 4.69) is 45.1 Å². The summed E-state index contributed by atoms with van der Waals surface area (Å²) in [5.74, 6) is 1.08. The predicted molar refractivity (Wildman–Crippen MR) is 89.5 cm³/mol. The van der Waals surface area contributed by atoms with Crippen molar-refractivity contribution in [1.29, 1.82) is 0 Å². The number of benzene rings is 1. The van der Waals surface area contributed by atoms with Crippen LogP contribution in [0.1, 0.15) is 22.4 Å². The number of nitrogens with zero attached hydrogens (tertiary/aromatic N) is 3. The Balaban J connectivity index is 1.30. The Hall–Kier alpha value is -1.85. The highest BCUT2D eigenvalue weighted by Crippen LogP contribution is 2.26. The maximum absolute atomic E-state index is 5.59. The molecule has 1 N–H and O–H groups in total. The number of hydrogen-bond donors (Lipinski definition) is 1. The van der Waals surface area contributed by atoms with E-state index in [0.717, 1.165) is 58.0 Å². The van der Waals surface area contributed by atoms with Crippen molar-refractivity contribution in [3.05, 3.63) is 46.8 Å². The highest BCUT2D eigenvalue weighted by atomic mass is 16.5. The summed E-state index contributed by atoms with van der Waals surface area (Å²) in [4.78, 5) is 5.06. The van der Waals surface area contributed by atoms with Gasteiger partial charge in [-0.2, -0.15) is 5.10 Å². The van der Waals surface area contributed by atoms with Crippen molar-refractivity contribution in [1.82, 2.24) is 20.0 Å². The zero-order chi connectivity index (χ0) is 15.6. The Kier molecular flexibility index (Phi) is 4.06. The van der Waals surface area contributed by atoms with Crippen LogP contribution in [-0.4, -0.2) is 52.8 Å². The summed E-state index contributed by atoms with van der Waals surface area (Å²) in [5, 5.41) is 7.22. The van der Waals surface area contributed by atoms with Gasteiger partial charge in [0.25, 0.3) is 0 Å². The molecule has 0 bridgehead atoms. The van der Waals surface area contributed by atoms with Crippen molar-refractivity contribution < 1.29 is 4.74 Å². The van der Waals surface area contributed by atoms with Crippen molar-refractivity contribution in [2.45, 2.75) is 26.4 Å². The van der Waals surface area contributed by atoms with Gasteiger partial charge in [0.05, 0.1) is 18.5 Å². The zero-order valence-electron chi connectivity index (χ0n) is 13.7. The highest BCUT2D eigenvalue weighted by molar-refractivity contribution is 5.39. The molecule has 0 saturated carbocycles. The molecule has 0 spiro atoms. The minimum Gasteiger partial charge on any atom is -0.493 e. The quantitative estimate of drug-likeness (QED) is 0.937. The van der Waals surface area contributed by atoms with E-state index in [1.54, 1.807) is 0 Å². The molecular weight excluding hydrogens is 288 g/mol. The van der Waals surface area contributed by atoms with Crippen LogP contribution < -0.4 is 4.74 Å². The van der Waals surface area contributed by atoms with Crippen molar-refractivity contribution in [2.75, 3.05) is 32.8 Å². The van der Waals surface area contributed by atoms with Crippen LogP contribution in [0.4, 0.5) is 0 Å². The number of aryl methyl sites for hydroxylation is 1. The maximum atomic E-state index is 5.59. The predicted octanol–water partition coefficient (Wildman–Crippen LogP) is 1.97. The summed E-state index contributed by atoms with van der Waals surface area (Å²) in [5.41, 5.74) is 5.29. The van der Waals surface area contributed by atoms with Crippen LogP contribution in [0.25, 0.3) is 0 Å². The fraction of sp³-hybridized carbons (Fsp3) is 0.500.